The van der Waals surface area contributed by atoms with Crippen molar-refractivity contribution in [2.75, 3.05) is 13.2 Å². The summed E-state index contributed by atoms with van der Waals surface area (Å²) in [7, 11) is 0. The predicted molar refractivity (Wildman–Crippen MR) is 67.3 cm³/mol. The van der Waals surface area contributed by atoms with Gasteiger partial charge in [-0.25, -0.2) is 0 Å². The molecule has 5 nitrogen and oxygen atoms in total. The van der Waals surface area contributed by atoms with Gasteiger partial charge < -0.3 is 15.2 Å². The van der Waals surface area contributed by atoms with E-state index in [4.69, 9.17) is 4.74 Å². The van der Waals surface area contributed by atoms with Crippen LogP contribution in [-0.4, -0.2) is 36.2 Å². The van der Waals surface area contributed by atoms with Crippen LogP contribution in [0.4, 0.5) is 0 Å². The molecule has 1 unspecified atom stereocenters. The minimum atomic E-state index is -0.930. The van der Waals surface area contributed by atoms with Crippen LogP contribution in [0.2, 0.25) is 0 Å². The summed E-state index contributed by atoms with van der Waals surface area (Å²) in [6, 6.07) is 0. The van der Waals surface area contributed by atoms with Gasteiger partial charge in [0.05, 0.1) is 11.5 Å². The molecule has 1 aliphatic heterocycles. The van der Waals surface area contributed by atoms with Crippen LogP contribution in [0.25, 0.3) is 0 Å². The van der Waals surface area contributed by atoms with Crippen LogP contribution < -0.4 is 5.32 Å². The fraction of sp³-hybridized carbons (Fsp3) is 0.846. The Hall–Kier alpha value is -1.10. The van der Waals surface area contributed by atoms with E-state index < -0.39 is 11.4 Å². The van der Waals surface area contributed by atoms with Crippen molar-refractivity contribution in [3.05, 3.63) is 0 Å². The average Bonchev–Trinajstić information content (AvgIpc) is 2.86. The number of hydrogen-bond donors (Lipinski definition) is 2. The van der Waals surface area contributed by atoms with Gasteiger partial charge in [-0.15, -0.1) is 0 Å². The van der Waals surface area contributed by atoms with E-state index >= 15 is 0 Å². The van der Waals surface area contributed by atoms with E-state index in [-0.39, 0.29) is 18.4 Å². The molecule has 1 aliphatic rings. The Morgan fingerprint density at radius 2 is 2.06 bits per heavy atom. The monoisotopic (exact) mass is 257 g/mol. The summed E-state index contributed by atoms with van der Waals surface area (Å²) >= 11 is 0. The van der Waals surface area contributed by atoms with E-state index in [0.29, 0.717) is 19.4 Å². The van der Waals surface area contributed by atoms with Crippen LogP contribution in [0.1, 0.15) is 46.0 Å². The Balaban J connectivity index is 2.43. The molecule has 0 aromatic heterocycles. The molecule has 104 valence electrons. The Bertz CT molecular complexity index is 293. The molecule has 0 saturated carbocycles. The van der Waals surface area contributed by atoms with E-state index in [1.54, 1.807) is 0 Å². The standard InChI is InChI=1S/C13H23NO4/c1-3-13(4-2,12(16)17)8-11(15)14-9-10-6-5-7-18-10/h10H,3-9H2,1-2H3,(H,14,15)(H,16,17). The van der Waals surface area contributed by atoms with E-state index in [2.05, 4.69) is 5.32 Å². The van der Waals surface area contributed by atoms with Gasteiger partial charge in [-0.2, -0.15) is 0 Å². The third kappa shape index (κ3) is 3.70. The smallest absolute Gasteiger partial charge is 0.310 e. The Morgan fingerprint density at radius 1 is 1.39 bits per heavy atom. The van der Waals surface area contributed by atoms with Crippen molar-refractivity contribution in [1.29, 1.82) is 0 Å². The maximum atomic E-state index is 11.8. The second kappa shape index (κ2) is 6.73. The second-order valence-corrected chi connectivity index (χ2v) is 4.91. The highest BCUT2D eigenvalue weighted by atomic mass is 16.5. The summed E-state index contributed by atoms with van der Waals surface area (Å²) in [5, 5.41) is 12.0. The molecular formula is C13H23NO4. The average molecular weight is 257 g/mol. The largest absolute Gasteiger partial charge is 0.481 e. The van der Waals surface area contributed by atoms with Crippen molar-refractivity contribution in [3.63, 3.8) is 0 Å². The van der Waals surface area contributed by atoms with E-state index in [9.17, 15) is 14.7 Å². The van der Waals surface area contributed by atoms with Gasteiger partial charge in [0.15, 0.2) is 0 Å². The van der Waals surface area contributed by atoms with Crippen LogP contribution in [0.15, 0.2) is 0 Å². The second-order valence-electron chi connectivity index (χ2n) is 4.91. The Morgan fingerprint density at radius 3 is 2.50 bits per heavy atom. The molecule has 1 heterocycles. The number of ether oxygens (including phenoxy) is 1. The fourth-order valence-corrected chi connectivity index (χ4v) is 2.28. The lowest BCUT2D eigenvalue weighted by molar-refractivity contribution is -0.152. The summed E-state index contributed by atoms with van der Waals surface area (Å²) in [6.07, 6.45) is 3.06. The van der Waals surface area contributed by atoms with Crippen molar-refractivity contribution in [3.8, 4) is 0 Å². The van der Waals surface area contributed by atoms with Crippen LogP contribution in [0.3, 0.4) is 0 Å². The molecule has 1 fully saturated rings. The highest BCUT2D eigenvalue weighted by Gasteiger charge is 2.37. The predicted octanol–water partition coefficient (Wildman–Crippen LogP) is 1.56. The molecule has 0 spiro atoms. The SMILES string of the molecule is CCC(CC)(CC(=O)NCC1CCCO1)C(=O)O. The number of carboxylic acid groups (broad SMARTS) is 1. The molecule has 1 rings (SSSR count). The highest BCUT2D eigenvalue weighted by Crippen LogP contribution is 2.30. The number of amides is 1. The lowest BCUT2D eigenvalue weighted by atomic mass is 9.79. The van der Waals surface area contributed by atoms with Gasteiger partial charge in [-0.3, -0.25) is 9.59 Å². The number of rotatable bonds is 7. The van der Waals surface area contributed by atoms with Gasteiger partial charge in [0.2, 0.25) is 5.91 Å². The lowest BCUT2D eigenvalue weighted by Crippen LogP contribution is -2.39. The van der Waals surface area contributed by atoms with Gasteiger partial charge in [0, 0.05) is 19.6 Å². The molecule has 1 amide bonds. The lowest BCUT2D eigenvalue weighted by Gasteiger charge is -2.26. The van der Waals surface area contributed by atoms with Gasteiger partial charge in [-0.1, -0.05) is 13.8 Å². The van der Waals surface area contributed by atoms with Crippen LogP contribution in [0, 0.1) is 5.41 Å². The minimum Gasteiger partial charge on any atom is -0.481 e. The molecule has 18 heavy (non-hydrogen) atoms. The molecule has 1 saturated heterocycles. The summed E-state index contributed by atoms with van der Waals surface area (Å²) in [5.74, 6) is -1.09. The zero-order valence-corrected chi connectivity index (χ0v) is 11.2. The van der Waals surface area contributed by atoms with Crippen molar-refractivity contribution >= 4 is 11.9 Å². The first-order valence-corrected chi connectivity index (χ1v) is 6.65. The van der Waals surface area contributed by atoms with Crippen molar-refractivity contribution in [1.82, 2.24) is 5.32 Å². The molecule has 0 aromatic carbocycles. The zero-order chi connectivity index (χ0) is 13.6. The summed E-state index contributed by atoms with van der Waals surface area (Å²) < 4.78 is 5.40. The molecule has 0 aliphatic carbocycles. The third-order valence-electron chi connectivity index (χ3n) is 3.86. The highest BCUT2D eigenvalue weighted by molar-refractivity contribution is 5.84. The van der Waals surface area contributed by atoms with Gasteiger partial charge in [0.1, 0.15) is 0 Å². The number of carboxylic acids is 1. The Kier molecular flexibility index (Phi) is 5.59. The number of hydrogen-bond acceptors (Lipinski definition) is 3. The number of nitrogens with one attached hydrogen (secondary N) is 1. The van der Waals surface area contributed by atoms with Gasteiger partial charge in [-0.05, 0) is 25.7 Å². The van der Waals surface area contributed by atoms with Crippen LogP contribution in [-0.2, 0) is 14.3 Å². The van der Waals surface area contributed by atoms with Crippen molar-refractivity contribution in [2.45, 2.75) is 52.1 Å². The van der Waals surface area contributed by atoms with Crippen molar-refractivity contribution in [2.24, 2.45) is 5.41 Å². The first-order chi connectivity index (χ1) is 8.54. The van der Waals surface area contributed by atoms with Crippen LogP contribution >= 0.6 is 0 Å². The topological polar surface area (TPSA) is 75.6 Å². The summed E-state index contributed by atoms with van der Waals surface area (Å²) in [6.45, 7) is 4.86. The number of carbonyl (C=O) groups is 2. The number of aliphatic carboxylic acids is 1. The van der Waals surface area contributed by atoms with E-state index in [1.165, 1.54) is 0 Å². The minimum absolute atomic E-state index is 0.0437. The van der Waals surface area contributed by atoms with E-state index in [0.717, 1.165) is 19.4 Å². The van der Waals surface area contributed by atoms with Gasteiger partial charge in [0.25, 0.3) is 0 Å². The molecule has 1 atom stereocenters. The third-order valence-corrected chi connectivity index (χ3v) is 3.86. The summed E-state index contributed by atoms with van der Waals surface area (Å²) in [5.41, 5.74) is -0.930. The summed E-state index contributed by atoms with van der Waals surface area (Å²) in [4.78, 5) is 23.1. The molecular weight excluding hydrogens is 234 g/mol. The molecule has 0 aromatic rings. The van der Waals surface area contributed by atoms with E-state index in [1.807, 2.05) is 13.8 Å². The van der Waals surface area contributed by atoms with Crippen LogP contribution in [0.5, 0.6) is 0 Å². The molecule has 0 bridgehead atoms. The normalized spacial score (nSPS) is 19.8. The van der Waals surface area contributed by atoms with Crippen molar-refractivity contribution < 1.29 is 19.4 Å². The number of carbonyl (C=O) groups excluding carboxylic acids is 1. The molecule has 5 heteroatoms. The quantitative estimate of drug-likeness (QED) is 0.725. The Labute approximate surface area is 108 Å². The fourth-order valence-electron chi connectivity index (χ4n) is 2.28. The maximum Gasteiger partial charge on any atom is 0.310 e. The zero-order valence-electron chi connectivity index (χ0n) is 11.2. The first-order valence-electron chi connectivity index (χ1n) is 6.65. The van der Waals surface area contributed by atoms with Gasteiger partial charge >= 0.3 is 5.97 Å². The molecule has 0 radical (unpaired) electrons. The first kappa shape index (κ1) is 15.0. The maximum absolute atomic E-state index is 11.8. The molecule has 2 N–H and O–H groups in total.